The molecule has 0 aliphatic carbocycles. The summed E-state index contributed by atoms with van der Waals surface area (Å²) < 4.78 is 34.9. The van der Waals surface area contributed by atoms with Gasteiger partial charge in [-0.3, -0.25) is 9.69 Å². The van der Waals surface area contributed by atoms with E-state index in [1.54, 1.807) is 18.2 Å². The molecule has 3 heterocycles. The highest BCUT2D eigenvalue weighted by Gasteiger charge is 2.47. The van der Waals surface area contributed by atoms with Crippen LogP contribution >= 0.6 is 0 Å². The second-order valence-corrected chi connectivity index (χ2v) is 9.94. The van der Waals surface area contributed by atoms with E-state index in [0.717, 1.165) is 24.8 Å². The van der Waals surface area contributed by atoms with Crippen molar-refractivity contribution in [3.05, 3.63) is 94.9 Å². The molecule has 5 nitrogen and oxygen atoms in total. The predicted molar refractivity (Wildman–Crippen MR) is 130 cm³/mol. The standard InChI is InChI=1S/C28H31F2N3O2/c1-31(2)16-20-11-12-26(35-20)28(34)32-14-13-25-23(18-32)22(21-9-6-10-24(29)27(21)30)17-33(25)15-19-7-4-3-5-8-19/h3-12,22-23,25H,13-18H2,1-2H3/t22-,23-,25-/m1/s1. The molecule has 0 radical (unpaired) electrons. The Morgan fingerprint density at radius 1 is 1.03 bits per heavy atom. The number of amides is 1. The molecule has 0 bridgehead atoms. The zero-order valence-corrected chi connectivity index (χ0v) is 20.2. The largest absolute Gasteiger partial charge is 0.455 e. The van der Waals surface area contributed by atoms with Crippen LogP contribution in [0, 0.1) is 17.6 Å². The van der Waals surface area contributed by atoms with E-state index in [4.69, 9.17) is 4.42 Å². The Morgan fingerprint density at radius 2 is 1.83 bits per heavy atom. The van der Waals surface area contributed by atoms with Gasteiger partial charge in [-0.2, -0.15) is 0 Å². The molecule has 2 aliphatic heterocycles. The van der Waals surface area contributed by atoms with Gasteiger partial charge >= 0.3 is 0 Å². The van der Waals surface area contributed by atoms with Crippen LogP contribution in [-0.2, 0) is 13.1 Å². The average Bonchev–Trinajstić information content (AvgIpc) is 3.45. The maximum atomic E-state index is 14.9. The molecule has 2 aromatic carbocycles. The summed E-state index contributed by atoms with van der Waals surface area (Å²) in [5.41, 5.74) is 1.59. The molecule has 35 heavy (non-hydrogen) atoms. The molecule has 0 saturated carbocycles. The normalized spacial score (nSPS) is 22.5. The van der Waals surface area contributed by atoms with Gasteiger partial charge in [0.2, 0.25) is 0 Å². The monoisotopic (exact) mass is 479 g/mol. The van der Waals surface area contributed by atoms with Crippen LogP contribution in [0.3, 0.4) is 0 Å². The Balaban J connectivity index is 1.40. The Morgan fingerprint density at radius 3 is 2.60 bits per heavy atom. The maximum Gasteiger partial charge on any atom is 0.289 e. The summed E-state index contributed by atoms with van der Waals surface area (Å²) in [6.07, 6.45) is 0.780. The number of carbonyl (C=O) groups is 1. The lowest BCUT2D eigenvalue weighted by molar-refractivity contribution is 0.0551. The van der Waals surface area contributed by atoms with Gasteiger partial charge < -0.3 is 14.2 Å². The number of piperidine rings is 1. The van der Waals surface area contributed by atoms with Crippen LogP contribution in [0.15, 0.2) is 65.1 Å². The lowest BCUT2D eigenvalue weighted by Gasteiger charge is -2.39. The minimum absolute atomic E-state index is 0.00363. The van der Waals surface area contributed by atoms with E-state index in [9.17, 15) is 13.6 Å². The number of nitrogens with zero attached hydrogens (tertiary/aromatic N) is 3. The first kappa shape index (κ1) is 23.7. The summed E-state index contributed by atoms with van der Waals surface area (Å²) >= 11 is 0. The van der Waals surface area contributed by atoms with Gasteiger partial charge in [0.15, 0.2) is 17.4 Å². The first-order valence-corrected chi connectivity index (χ1v) is 12.2. The van der Waals surface area contributed by atoms with E-state index in [1.807, 2.05) is 48.2 Å². The maximum absolute atomic E-state index is 14.9. The summed E-state index contributed by atoms with van der Waals surface area (Å²) in [7, 11) is 3.89. The van der Waals surface area contributed by atoms with E-state index >= 15 is 0 Å². The number of halogens is 2. The van der Waals surface area contributed by atoms with Crippen molar-refractivity contribution >= 4 is 5.91 Å². The van der Waals surface area contributed by atoms with Crippen molar-refractivity contribution in [1.82, 2.24) is 14.7 Å². The van der Waals surface area contributed by atoms with Crippen LogP contribution in [0.1, 0.15) is 39.8 Å². The molecule has 3 aromatic rings. The van der Waals surface area contributed by atoms with Gasteiger partial charge in [-0.1, -0.05) is 42.5 Å². The summed E-state index contributed by atoms with van der Waals surface area (Å²) in [6.45, 7) is 3.08. The molecular formula is C28H31F2N3O2. The van der Waals surface area contributed by atoms with Crippen LogP contribution in [0.4, 0.5) is 8.78 Å². The molecule has 2 fully saturated rings. The van der Waals surface area contributed by atoms with Gasteiger partial charge in [0.1, 0.15) is 5.76 Å². The molecule has 2 saturated heterocycles. The number of benzene rings is 2. The Bertz CT molecular complexity index is 1180. The lowest BCUT2D eigenvalue weighted by atomic mass is 9.81. The molecule has 0 unspecified atom stereocenters. The number of furan rings is 1. The van der Waals surface area contributed by atoms with Crippen molar-refractivity contribution in [3.8, 4) is 0 Å². The SMILES string of the molecule is CN(C)Cc1ccc(C(=O)N2CC[C@@H]3[C@H](C2)[C@@H](c2cccc(F)c2F)CN3Cc2ccccc2)o1. The molecule has 184 valence electrons. The van der Waals surface area contributed by atoms with Gasteiger partial charge in [-0.05, 0) is 49.8 Å². The van der Waals surface area contributed by atoms with Gasteiger partial charge in [0.05, 0.1) is 6.54 Å². The highest BCUT2D eigenvalue weighted by atomic mass is 19.2. The molecular weight excluding hydrogens is 448 g/mol. The Hall–Kier alpha value is -3.03. The van der Waals surface area contributed by atoms with Gasteiger partial charge in [0, 0.05) is 44.1 Å². The van der Waals surface area contributed by atoms with Crippen molar-refractivity contribution in [2.24, 2.45) is 5.92 Å². The molecule has 3 atom stereocenters. The van der Waals surface area contributed by atoms with E-state index in [0.29, 0.717) is 37.5 Å². The van der Waals surface area contributed by atoms with Crippen LogP contribution in [0.25, 0.3) is 0 Å². The fourth-order valence-electron chi connectivity index (χ4n) is 5.71. The molecule has 0 N–H and O–H groups in total. The fraction of sp³-hybridized carbons (Fsp3) is 0.393. The third kappa shape index (κ3) is 4.88. The summed E-state index contributed by atoms with van der Waals surface area (Å²) in [5, 5.41) is 0. The van der Waals surface area contributed by atoms with Crippen molar-refractivity contribution in [1.29, 1.82) is 0 Å². The number of likely N-dealkylation sites (tertiary alicyclic amines) is 2. The summed E-state index contributed by atoms with van der Waals surface area (Å²) in [6, 6.07) is 18.4. The van der Waals surface area contributed by atoms with E-state index < -0.39 is 11.6 Å². The molecule has 5 rings (SSSR count). The highest BCUT2D eigenvalue weighted by Crippen LogP contribution is 2.43. The molecule has 1 aromatic heterocycles. The minimum atomic E-state index is -0.826. The van der Waals surface area contributed by atoms with Crippen LogP contribution < -0.4 is 0 Å². The highest BCUT2D eigenvalue weighted by molar-refractivity contribution is 5.91. The number of hydrogen-bond donors (Lipinski definition) is 0. The van der Waals surface area contributed by atoms with Crippen molar-refractivity contribution in [2.45, 2.75) is 31.5 Å². The van der Waals surface area contributed by atoms with E-state index in [2.05, 4.69) is 17.0 Å². The second-order valence-electron chi connectivity index (χ2n) is 9.94. The van der Waals surface area contributed by atoms with Gasteiger partial charge in [-0.25, -0.2) is 8.78 Å². The van der Waals surface area contributed by atoms with E-state index in [-0.39, 0.29) is 23.8 Å². The summed E-state index contributed by atoms with van der Waals surface area (Å²) in [4.78, 5) is 19.5. The van der Waals surface area contributed by atoms with E-state index in [1.165, 1.54) is 5.56 Å². The number of fused-ring (bicyclic) bond motifs is 1. The zero-order valence-electron chi connectivity index (χ0n) is 20.2. The topological polar surface area (TPSA) is 39.9 Å². The predicted octanol–water partition coefficient (Wildman–Crippen LogP) is 4.75. The summed E-state index contributed by atoms with van der Waals surface area (Å²) in [5.74, 6) is -0.877. The number of carbonyl (C=O) groups excluding carboxylic acids is 1. The lowest BCUT2D eigenvalue weighted by Crippen LogP contribution is -2.48. The third-order valence-electron chi connectivity index (χ3n) is 7.28. The van der Waals surface area contributed by atoms with Crippen LogP contribution in [0.5, 0.6) is 0 Å². The third-order valence-corrected chi connectivity index (χ3v) is 7.28. The smallest absolute Gasteiger partial charge is 0.289 e. The molecule has 0 spiro atoms. The molecule has 2 aliphatic rings. The Labute approximate surface area is 204 Å². The second kappa shape index (κ2) is 9.91. The molecule has 1 amide bonds. The van der Waals surface area contributed by atoms with Gasteiger partial charge in [0.25, 0.3) is 5.91 Å². The number of rotatable bonds is 6. The van der Waals surface area contributed by atoms with Crippen LogP contribution in [-0.4, -0.2) is 60.4 Å². The Kier molecular flexibility index (Phi) is 6.71. The van der Waals surface area contributed by atoms with Crippen LogP contribution in [0.2, 0.25) is 0 Å². The van der Waals surface area contributed by atoms with Crippen molar-refractivity contribution in [2.75, 3.05) is 33.7 Å². The molecule has 7 heteroatoms. The van der Waals surface area contributed by atoms with Crippen molar-refractivity contribution in [3.63, 3.8) is 0 Å². The first-order valence-electron chi connectivity index (χ1n) is 12.2. The number of hydrogen-bond acceptors (Lipinski definition) is 4. The fourth-order valence-corrected chi connectivity index (χ4v) is 5.71. The van der Waals surface area contributed by atoms with Crippen molar-refractivity contribution < 1.29 is 18.0 Å². The minimum Gasteiger partial charge on any atom is -0.455 e. The zero-order chi connectivity index (χ0) is 24.5. The average molecular weight is 480 g/mol. The quantitative estimate of drug-likeness (QED) is 0.512. The first-order chi connectivity index (χ1) is 16.9. The van der Waals surface area contributed by atoms with Gasteiger partial charge in [-0.15, -0.1) is 0 Å².